The highest BCUT2D eigenvalue weighted by molar-refractivity contribution is 7.89. The lowest BCUT2D eigenvalue weighted by Gasteiger charge is -2.31. The van der Waals surface area contributed by atoms with E-state index in [1.54, 1.807) is 30.3 Å². The summed E-state index contributed by atoms with van der Waals surface area (Å²) in [6, 6.07) is 8.47. The lowest BCUT2D eigenvalue weighted by atomic mass is 9.97. The van der Waals surface area contributed by atoms with Gasteiger partial charge in [-0.3, -0.25) is 9.69 Å². The van der Waals surface area contributed by atoms with Gasteiger partial charge < -0.3 is 10.1 Å². The summed E-state index contributed by atoms with van der Waals surface area (Å²) in [5, 5.41) is 3.00. The van der Waals surface area contributed by atoms with Crippen molar-refractivity contribution >= 4 is 15.9 Å². The standard InChI is InChI=1S/C18H27N3O4S/c22-18(19-8-11-20-12-14-25-15-13-20)16-6-9-21(10-7-16)26(23,24)17-4-2-1-3-5-17/h1-5,16H,6-15H2,(H,19,22). The van der Waals surface area contributed by atoms with E-state index in [1.165, 1.54) is 4.31 Å². The summed E-state index contributed by atoms with van der Waals surface area (Å²) in [7, 11) is -3.46. The molecule has 1 aromatic rings. The van der Waals surface area contributed by atoms with Crippen LogP contribution in [-0.2, 0) is 19.6 Å². The number of sulfonamides is 1. The van der Waals surface area contributed by atoms with Crippen LogP contribution in [0.4, 0.5) is 0 Å². The van der Waals surface area contributed by atoms with Crippen LogP contribution in [0.25, 0.3) is 0 Å². The first-order valence-electron chi connectivity index (χ1n) is 9.20. The van der Waals surface area contributed by atoms with E-state index >= 15 is 0 Å². The second-order valence-electron chi connectivity index (χ2n) is 6.74. The van der Waals surface area contributed by atoms with Crippen LogP contribution in [-0.4, -0.2) is 76.0 Å². The van der Waals surface area contributed by atoms with Crippen LogP contribution in [0.15, 0.2) is 35.2 Å². The minimum absolute atomic E-state index is 0.0371. The summed E-state index contributed by atoms with van der Waals surface area (Å²) < 4.78 is 32.0. The van der Waals surface area contributed by atoms with Crippen molar-refractivity contribution in [1.29, 1.82) is 0 Å². The third-order valence-corrected chi connectivity index (χ3v) is 6.95. The zero-order valence-corrected chi connectivity index (χ0v) is 15.8. The van der Waals surface area contributed by atoms with Crippen molar-refractivity contribution in [3.8, 4) is 0 Å². The topological polar surface area (TPSA) is 79.0 Å². The Morgan fingerprint density at radius 2 is 1.73 bits per heavy atom. The van der Waals surface area contributed by atoms with E-state index < -0.39 is 10.0 Å². The fourth-order valence-electron chi connectivity index (χ4n) is 3.41. The molecule has 0 spiro atoms. The molecular formula is C18H27N3O4S. The molecule has 1 N–H and O–H groups in total. The molecule has 0 bridgehead atoms. The van der Waals surface area contributed by atoms with Crippen molar-refractivity contribution in [2.75, 3.05) is 52.5 Å². The van der Waals surface area contributed by atoms with Gasteiger partial charge in [-0.25, -0.2) is 8.42 Å². The molecule has 2 fully saturated rings. The molecule has 3 rings (SSSR count). The molecule has 26 heavy (non-hydrogen) atoms. The van der Waals surface area contributed by atoms with Crippen molar-refractivity contribution < 1.29 is 17.9 Å². The van der Waals surface area contributed by atoms with Crippen LogP contribution >= 0.6 is 0 Å². The number of benzene rings is 1. The van der Waals surface area contributed by atoms with Crippen LogP contribution in [0.1, 0.15) is 12.8 Å². The van der Waals surface area contributed by atoms with Gasteiger partial charge in [0.2, 0.25) is 15.9 Å². The highest BCUT2D eigenvalue weighted by atomic mass is 32.2. The average Bonchev–Trinajstić information content (AvgIpc) is 2.69. The lowest BCUT2D eigenvalue weighted by molar-refractivity contribution is -0.126. The van der Waals surface area contributed by atoms with Crippen molar-refractivity contribution in [2.45, 2.75) is 17.7 Å². The minimum Gasteiger partial charge on any atom is -0.379 e. The van der Waals surface area contributed by atoms with Gasteiger partial charge in [-0.2, -0.15) is 4.31 Å². The number of nitrogens with zero attached hydrogens (tertiary/aromatic N) is 2. The molecule has 0 aliphatic carbocycles. The highest BCUT2D eigenvalue weighted by Gasteiger charge is 2.31. The van der Waals surface area contributed by atoms with E-state index in [1.807, 2.05) is 0 Å². The zero-order valence-electron chi connectivity index (χ0n) is 15.0. The molecule has 144 valence electrons. The molecule has 0 aromatic heterocycles. The first-order chi connectivity index (χ1) is 12.6. The molecule has 2 aliphatic heterocycles. The largest absolute Gasteiger partial charge is 0.379 e. The first kappa shape index (κ1) is 19.3. The third kappa shape index (κ3) is 4.82. The number of amides is 1. The zero-order chi connectivity index (χ0) is 18.4. The molecule has 7 nitrogen and oxygen atoms in total. The van der Waals surface area contributed by atoms with Crippen molar-refractivity contribution in [3.05, 3.63) is 30.3 Å². The van der Waals surface area contributed by atoms with Crippen molar-refractivity contribution in [1.82, 2.24) is 14.5 Å². The van der Waals surface area contributed by atoms with E-state index in [2.05, 4.69) is 10.2 Å². The van der Waals surface area contributed by atoms with E-state index in [9.17, 15) is 13.2 Å². The molecule has 0 radical (unpaired) electrons. The van der Waals surface area contributed by atoms with Crippen LogP contribution in [0.5, 0.6) is 0 Å². The quantitative estimate of drug-likeness (QED) is 0.778. The number of carbonyl (C=O) groups excluding carboxylic acids is 1. The van der Waals surface area contributed by atoms with Gasteiger partial charge >= 0.3 is 0 Å². The maximum Gasteiger partial charge on any atom is 0.243 e. The van der Waals surface area contributed by atoms with Gasteiger partial charge in [0.05, 0.1) is 18.1 Å². The van der Waals surface area contributed by atoms with Gasteiger partial charge in [0.1, 0.15) is 0 Å². The van der Waals surface area contributed by atoms with E-state index in [-0.39, 0.29) is 11.8 Å². The van der Waals surface area contributed by atoms with E-state index in [0.717, 1.165) is 32.8 Å². The van der Waals surface area contributed by atoms with Crippen LogP contribution < -0.4 is 5.32 Å². The summed E-state index contributed by atoms with van der Waals surface area (Å²) in [5.41, 5.74) is 0. The molecule has 1 aromatic carbocycles. The second kappa shape index (κ2) is 8.94. The van der Waals surface area contributed by atoms with Gasteiger partial charge in [-0.05, 0) is 25.0 Å². The van der Waals surface area contributed by atoms with Gasteiger partial charge in [0.25, 0.3) is 0 Å². The van der Waals surface area contributed by atoms with Crippen molar-refractivity contribution in [2.24, 2.45) is 5.92 Å². The van der Waals surface area contributed by atoms with Gasteiger partial charge in [-0.1, -0.05) is 18.2 Å². The summed E-state index contributed by atoms with van der Waals surface area (Å²) >= 11 is 0. The number of piperidine rings is 1. The Morgan fingerprint density at radius 3 is 2.38 bits per heavy atom. The molecule has 8 heteroatoms. The Kier molecular flexibility index (Phi) is 6.63. The predicted molar refractivity (Wildman–Crippen MR) is 98.2 cm³/mol. The van der Waals surface area contributed by atoms with Crippen LogP contribution in [0.3, 0.4) is 0 Å². The average molecular weight is 381 g/mol. The van der Waals surface area contributed by atoms with Gasteiger partial charge in [-0.15, -0.1) is 0 Å². The minimum atomic E-state index is -3.46. The van der Waals surface area contributed by atoms with Crippen molar-refractivity contribution in [3.63, 3.8) is 0 Å². The molecule has 2 heterocycles. The molecule has 2 aliphatic rings. The molecule has 0 saturated carbocycles. The number of hydrogen-bond acceptors (Lipinski definition) is 5. The summed E-state index contributed by atoms with van der Waals surface area (Å²) in [5.74, 6) is -0.0723. The maximum atomic E-state index is 12.6. The Morgan fingerprint density at radius 1 is 1.08 bits per heavy atom. The molecule has 0 atom stereocenters. The van der Waals surface area contributed by atoms with Gasteiger partial charge in [0, 0.05) is 45.2 Å². The smallest absolute Gasteiger partial charge is 0.243 e. The molecular weight excluding hydrogens is 354 g/mol. The second-order valence-corrected chi connectivity index (χ2v) is 8.67. The predicted octanol–water partition coefficient (Wildman–Crippen LogP) is 0.536. The SMILES string of the molecule is O=C(NCCN1CCOCC1)C1CCN(S(=O)(=O)c2ccccc2)CC1. The van der Waals surface area contributed by atoms with E-state index in [0.29, 0.717) is 37.4 Å². The molecule has 0 unspecified atom stereocenters. The number of carbonyl (C=O) groups is 1. The monoisotopic (exact) mass is 381 g/mol. The highest BCUT2D eigenvalue weighted by Crippen LogP contribution is 2.23. The molecule has 2 saturated heterocycles. The Labute approximate surface area is 155 Å². The Balaban J connectivity index is 1.43. The first-order valence-corrected chi connectivity index (χ1v) is 10.6. The van der Waals surface area contributed by atoms with E-state index in [4.69, 9.17) is 4.74 Å². The fourth-order valence-corrected chi connectivity index (χ4v) is 4.90. The van der Waals surface area contributed by atoms with Crippen LogP contribution in [0, 0.1) is 5.92 Å². The maximum absolute atomic E-state index is 12.6. The number of rotatable bonds is 6. The fraction of sp³-hybridized carbons (Fsp3) is 0.611. The number of nitrogens with one attached hydrogen (secondary N) is 1. The normalized spacial score (nSPS) is 20.8. The summed E-state index contributed by atoms with van der Waals surface area (Å²) in [6.07, 6.45) is 1.13. The summed E-state index contributed by atoms with van der Waals surface area (Å²) in [4.78, 5) is 14.9. The summed E-state index contributed by atoms with van der Waals surface area (Å²) in [6.45, 7) is 5.55. The van der Waals surface area contributed by atoms with Crippen LogP contribution in [0.2, 0.25) is 0 Å². The Hall–Kier alpha value is -1.48. The number of hydrogen-bond donors (Lipinski definition) is 1. The number of ether oxygens (including phenoxy) is 1. The van der Waals surface area contributed by atoms with Gasteiger partial charge in [0.15, 0.2) is 0 Å². The third-order valence-electron chi connectivity index (χ3n) is 5.04. The molecule has 1 amide bonds. The number of morpholine rings is 1. The lowest BCUT2D eigenvalue weighted by Crippen LogP contribution is -2.45. The Bertz CT molecular complexity index is 682.